The molecule has 0 aromatic rings. The van der Waals surface area contributed by atoms with Crippen molar-refractivity contribution in [1.29, 1.82) is 0 Å². The summed E-state index contributed by atoms with van der Waals surface area (Å²) in [5.41, 5.74) is 2.01. The lowest BCUT2D eigenvalue weighted by Gasteiger charge is -1.91. The Balaban J connectivity index is 0. The zero-order chi connectivity index (χ0) is 13.8. The number of amides is 1. The number of cyclic esters (lactones) is 1. The summed E-state index contributed by atoms with van der Waals surface area (Å²) in [7, 11) is 0. The maximum Gasteiger partial charge on any atom is 0.433 e. The Kier molecular flexibility index (Phi) is 10.2. The number of carbonyl (C=O) groups excluding carboxylic acids is 1. The number of carbonyl (C=O) groups is 3. The quantitative estimate of drug-likeness (QED) is 0.608. The van der Waals surface area contributed by atoms with E-state index in [1.807, 2.05) is 5.48 Å². The van der Waals surface area contributed by atoms with Gasteiger partial charge in [0.1, 0.15) is 0 Å². The van der Waals surface area contributed by atoms with Gasteiger partial charge in [0, 0.05) is 19.1 Å². The topological polar surface area (TPSA) is 122 Å². The maximum atomic E-state index is 10.00. The Morgan fingerprint density at radius 3 is 1.71 bits per heavy atom. The molecular formula is C9H13NO7. The molecule has 8 nitrogen and oxygen atoms in total. The van der Waals surface area contributed by atoms with Crippen molar-refractivity contribution in [2.75, 3.05) is 0 Å². The third kappa shape index (κ3) is 16.3. The van der Waals surface area contributed by atoms with Crippen LogP contribution in [0.3, 0.4) is 0 Å². The molecule has 3 N–H and O–H groups in total. The van der Waals surface area contributed by atoms with E-state index < -0.39 is 24.3 Å². The lowest BCUT2D eigenvalue weighted by Crippen LogP contribution is -2.10. The minimum absolute atomic E-state index is 0.438. The molecule has 0 spiro atoms. The lowest BCUT2D eigenvalue weighted by atomic mass is 10.7. The Labute approximate surface area is 97.1 Å². The number of aliphatic carboxylic acids is 2. The van der Waals surface area contributed by atoms with E-state index in [1.54, 1.807) is 6.92 Å². The second kappa shape index (κ2) is 10.2. The van der Waals surface area contributed by atoms with Crippen molar-refractivity contribution >= 4 is 18.0 Å². The van der Waals surface area contributed by atoms with Gasteiger partial charge in [0.05, 0.1) is 0 Å². The predicted octanol–water partition coefficient (Wildman–Crippen LogP) is 0.518. The molecule has 1 heterocycles. The molecule has 17 heavy (non-hydrogen) atoms. The van der Waals surface area contributed by atoms with Crippen LogP contribution in [0.5, 0.6) is 0 Å². The first kappa shape index (κ1) is 17.1. The third-order valence-corrected chi connectivity index (χ3v) is 0.930. The number of hydrogen-bond acceptors (Lipinski definition) is 5. The fourth-order valence-corrected chi connectivity index (χ4v) is 0.330. The molecular weight excluding hydrogens is 234 g/mol. The molecule has 0 aromatic heterocycles. The minimum atomic E-state index is -0.981. The van der Waals surface area contributed by atoms with Crippen molar-refractivity contribution in [3.05, 3.63) is 25.3 Å². The lowest BCUT2D eigenvalue weighted by molar-refractivity contribution is -0.132. The number of carboxylic acid groups (broad SMARTS) is 2. The molecule has 1 fully saturated rings. The Hall–Kier alpha value is -2.35. The van der Waals surface area contributed by atoms with Crippen molar-refractivity contribution < 1.29 is 34.2 Å². The summed E-state index contributed by atoms with van der Waals surface area (Å²) >= 11 is 0. The van der Waals surface area contributed by atoms with Crippen LogP contribution in [0.4, 0.5) is 4.79 Å². The third-order valence-electron chi connectivity index (χ3n) is 0.930. The molecule has 0 saturated carbocycles. The second-order valence-corrected chi connectivity index (χ2v) is 2.28. The summed E-state index contributed by atoms with van der Waals surface area (Å²) in [5.74, 6) is -1.96. The van der Waals surface area contributed by atoms with E-state index in [9.17, 15) is 14.4 Å². The molecule has 0 aliphatic carbocycles. The second-order valence-electron chi connectivity index (χ2n) is 2.28. The van der Waals surface area contributed by atoms with E-state index in [0.29, 0.717) is 0 Å². The average Bonchev–Trinajstić information content (AvgIpc) is 2.64. The van der Waals surface area contributed by atoms with Crippen LogP contribution in [-0.2, 0) is 19.2 Å². The van der Waals surface area contributed by atoms with Gasteiger partial charge in [-0.1, -0.05) is 13.2 Å². The van der Waals surface area contributed by atoms with E-state index in [-0.39, 0.29) is 0 Å². The summed E-state index contributed by atoms with van der Waals surface area (Å²) in [5, 5.41) is 15.2. The fraction of sp³-hybridized carbons (Fsp3) is 0.222. The van der Waals surface area contributed by atoms with Crippen LogP contribution < -0.4 is 5.48 Å². The highest BCUT2D eigenvalue weighted by Crippen LogP contribution is 1.97. The Morgan fingerprint density at radius 2 is 1.65 bits per heavy atom. The predicted molar refractivity (Wildman–Crippen MR) is 55.8 cm³/mol. The molecule has 1 unspecified atom stereocenters. The molecule has 1 aliphatic heterocycles. The number of nitrogens with one attached hydrogen (secondary N) is 1. The monoisotopic (exact) mass is 247 g/mol. The average molecular weight is 247 g/mol. The maximum absolute atomic E-state index is 10.00. The van der Waals surface area contributed by atoms with Crippen LogP contribution >= 0.6 is 0 Å². The molecule has 1 atom stereocenters. The highest BCUT2D eigenvalue weighted by molar-refractivity contribution is 5.79. The van der Waals surface area contributed by atoms with E-state index >= 15 is 0 Å². The fourth-order valence-electron chi connectivity index (χ4n) is 0.330. The van der Waals surface area contributed by atoms with E-state index in [2.05, 4.69) is 22.7 Å². The van der Waals surface area contributed by atoms with Crippen LogP contribution in [0.2, 0.25) is 0 Å². The van der Waals surface area contributed by atoms with Crippen LogP contribution in [0.15, 0.2) is 25.3 Å². The molecule has 1 rings (SSSR count). The van der Waals surface area contributed by atoms with Crippen molar-refractivity contribution in [3.63, 3.8) is 0 Å². The highest BCUT2D eigenvalue weighted by Gasteiger charge is 2.17. The largest absolute Gasteiger partial charge is 0.478 e. The molecule has 8 heteroatoms. The molecule has 1 saturated heterocycles. The van der Waals surface area contributed by atoms with Gasteiger partial charge in [0.15, 0.2) is 0 Å². The van der Waals surface area contributed by atoms with Crippen molar-refractivity contribution in [3.8, 4) is 0 Å². The van der Waals surface area contributed by atoms with Gasteiger partial charge in [0.25, 0.3) is 0 Å². The van der Waals surface area contributed by atoms with Gasteiger partial charge in [-0.15, -0.1) is 0 Å². The van der Waals surface area contributed by atoms with E-state index in [1.165, 1.54) is 0 Å². The van der Waals surface area contributed by atoms with Gasteiger partial charge < -0.3 is 14.9 Å². The number of hydroxylamine groups is 1. The standard InChI is InChI=1S/C3H5NO3.2C3H4O2/c1-2-6-3(5)4-7-2;2*1-2-3(4)5/h2H,1H3,(H,4,5);2*2H,1H2,(H,4,5). The summed E-state index contributed by atoms with van der Waals surface area (Å²) in [6.45, 7) is 7.54. The number of hydrogen-bond donors (Lipinski definition) is 3. The Bertz CT molecular complexity index is 282. The first-order valence-electron chi connectivity index (χ1n) is 4.16. The molecule has 0 radical (unpaired) electrons. The first-order chi connectivity index (χ1) is 7.83. The van der Waals surface area contributed by atoms with Crippen molar-refractivity contribution in [1.82, 2.24) is 5.48 Å². The zero-order valence-electron chi connectivity index (χ0n) is 9.08. The van der Waals surface area contributed by atoms with Crippen LogP contribution in [-0.4, -0.2) is 34.5 Å². The normalized spacial score (nSPS) is 15.8. The highest BCUT2D eigenvalue weighted by atomic mass is 16.9. The van der Waals surface area contributed by atoms with Gasteiger partial charge in [-0.05, 0) is 0 Å². The van der Waals surface area contributed by atoms with E-state index in [0.717, 1.165) is 12.2 Å². The van der Waals surface area contributed by atoms with Crippen LogP contribution in [0.25, 0.3) is 0 Å². The number of ether oxygens (including phenoxy) is 1. The Morgan fingerprint density at radius 1 is 1.29 bits per heavy atom. The van der Waals surface area contributed by atoms with Gasteiger partial charge in [-0.3, -0.25) is 0 Å². The zero-order valence-corrected chi connectivity index (χ0v) is 9.08. The van der Waals surface area contributed by atoms with Crippen molar-refractivity contribution in [2.24, 2.45) is 0 Å². The minimum Gasteiger partial charge on any atom is -0.478 e. The van der Waals surface area contributed by atoms with Gasteiger partial charge in [-0.2, -0.15) is 5.48 Å². The van der Waals surface area contributed by atoms with Crippen LogP contribution in [0, 0.1) is 0 Å². The van der Waals surface area contributed by atoms with Gasteiger partial charge in [0.2, 0.25) is 6.29 Å². The molecule has 0 aromatic carbocycles. The van der Waals surface area contributed by atoms with Crippen molar-refractivity contribution in [2.45, 2.75) is 13.2 Å². The molecule has 0 bridgehead atoms. The van der Waals surface area contributed by atoms with Gasteiger partial charge in [-0.25, -0.2) is 19.2 Å². The molecule has 96 valence electrons. The summed E-state index contributed by atoms with van der Waals surface area (Å²) in [6.07, 6.45) is 0.708. The summed E-state index contributed by atoms with van der Waals surface area (Å²) < 4.78 is 4.39. The molecule has 1 aliphatic rings. The smallest absolute Gasteiger partial charge is 0.433 e. The summed E-state index contributed by atoms with van der Waals surface area (Å²) in [4.78, 5) is 32.9. The van der Waals surface area contributed by atoms with E-state index in [4.69, 9.17) is 10.2 Å². The first-order valence-corrected chi connectivity index (χ1v) is 4.16. The number of carboxylic acids is 2. The summed E-state index contributed by atoms with van der Waals surface area (Å²) in [6, 6.07) is 0. The molecule has 1 amide bonds. The van der Waals surface area contributed by atoms with Gasteiger partial charge >= 0.3 is 18.0 Å². The van der Waals surface area contributed by atoms with Crippen LogP contribution in [0.1, 0.15) is 6.92 Å². The number of rotatable bonds is 2. The SMILES string of the molecule is C=CC(=O)O.C=CC(=O)O.CC1ONC(=O)O1.